The van der Waals surface area contributed by atoms with Crippen molar-refractivity contribution >= 4 is 17.3 Å². The molecule has 0 bridgehead atoms. The van der Waals surface area contributed by atoms with Gasteiger partial charge >= 0.3 is 0 Å². The quantitative estimate of drug-likeness (QED) is 0.863. The molecule has 0 fully saturated rings. The van der Waals surface area contributed by atoms with Crippen molar-refractivity contribution in [2.45, 2.75) is 25.9 Å². The number of ether oxygens (including phenoxy) is 2. The lowest BCUT2D eigenvalue weighted by atomic mass is 10.0. The maximum absolute atomic E-state index is 14.0. The number of benzene rings is 2. The average Bonchev–Trinajstić information content (AvgIpc) is 2.86. The third-order valence-corrected chi connectivity index (χ3v) is 4.16. The Kier molecular flexibility index (Phi) is 4.95. The minimum Gasteiger partial charge on any atom is -0.483 e. The number of carbonyl (C=O) groups excluding carboxylic acids is 1. The van der Waals surface area contributed by atoms with Crippen molar-refractivity contribution in [3.05, 3.63) is 47.5 Å². The summed E-state index contributed by atoms with van der Waals surface area (Å²) in [5, 5.41) is 2.44. The van der Waals surface area contributed by atoms with Crippen molar-refractivity contribution in [1.29, 1.82) is 0 Å². The number of nitrogens with zero attached hydrogens (tertiary/aromatic N) is 1. The van der Waals surface area contributed by atoms with Gasteiger partial charge in [-0.3, -0.25) is 4.79 Å². The van der Waals surface area contributed by atoms with E-state index in [1.165, 1.54) is 19.0 Å². The molecular weight excluding hydrogens is 354 g/mol. The molecule has 0 spiro atoms. The highest BCUT2D eigenvalue weighted by Crippen LogP contribution is 2.41. The molecule has 0 unspecified atom stereocenters. The molecule has 1 amide bonds. The summed E-state index contributed by atoms with van der Waals surface area (Å²) < 4.78 is 39.5. The van der Waals surface area contributed by atoms with Gasteiger partial charge < -0.3 is 19.7 Å². The number of fused-ring (bicyclic) bond motifs is 1. The molecule has 0 atom stereocenters. The van der Waals surface area contributed by atoms with E-state index in [1.807, 2.05) is 26.0 Å². The first kappa shape index (κ1) is 18.9. The zero-order valence-corrected chi connectivity index (χ0v) is 15.7. The topological polar surface area (TPSA) is 50.8 Å². The first-order valence-corrected chi connectivity index (χ1v) is 8.56. The summed E-state index contributed by atoms with van der Waals surface area (Å²) in [5.41, 5.74) is 0.554. The van der Waals surface area contributed by atoms with Crippen molar-refractivity contribution in [3.8, 4) is 11.5 Å². The van der Waals surface area contributed by atoms with Crippen LogP contribution in [0.2, 0.25) is 0 Å². The third kappa shape index (κ3) is 4.13. The summed E-state index contributed by atoms with van der Waals surface area (Å²) in [6, 6.07) is 7.65. The number of amides is 1. The maximum atomic E-state index is 14.0. The summed E-state index contributed by atoms with van der Waals surface area (Å²) >= 11 is 0. The molecular formula is C20H22F2N2O3. The van der Waals surface area contributed by atoms with Gasteiger partial charge in [0.1, 0.15) is 11.3 Å². The minimum atomic E-state index is -0.757. The highest BCUT2D eigenvalue weighted by atomic mass is 19.1. The molecule has 1 aliphatic rings. The normalized spacial score (nSPS) is 14.3. The summed E-state index contributed by atoms with van der Waals surface area (Å²) in [6.07, 6.45) is 0.752. The summed E-state index contributed by atoms with van der Waals surface area (Å²) in [6.45, 7) is 3.65. The summed E-state index contributed by atoms with van der Waals surface area (Å²) in [7, 11) is 3.07. The second-order valence-electron chi connectivity index (χ2n) is 7.30. The lowest BCUT2D eigenvalue weighted by Gasteiger charge is -2.18. The van der Waals surface area contributed by atoms with Gasteiger partial charge in [0.05, 0.1) is 0 Å². The van der Waals surface area contributed by atoms with E-state index in [9.17, 15) is 13.6 Å². The molecule has 2 aromatic rings. The number of rotatable bonds is 5. The number of para-hydroxylation sites is 1. The van der Waals surface area contributed by atoms with Crippen molar-refractivity contribution in [2.75, 3.05) is 30.9 Å². The van der Waals surface area contributed by atoms with Crippen LogP contribution in [0.25, 0.3) is 0 Å². The van der Waals surface area contributed by atoms with E-state index in [2.05, 4.69) is 5.32 Å². The van der Waals surface area contributed by atoms with E-state index in [-0.39, 0.29) is 23.6 Å². The predicted molar refractivity (Wildman–Crippen MR) is 99.7 cm³/mol. The Balaban J connectivity index is 1.66. The maximum Gasteiger partial charge on any atom is 0.262 e. The Hall–Kier alpha value is -2.83. The van der Waals surface area contributed by atoms with Crippen LogP contribution >= 0.6 is 0 Å². The molecule has 1 heterocycles. The molecule has 144 valence electrons. The summed E-state index contributed by atoms with van der Waals surface area (Å²) in [4.78, 5) is 13.5. The summed E-state index contributed by atoms with van der Waals surface area (Å²) in [5.74, 6) is -0.946. The fraction of sp³-hybridized carbons (Fsp3) is 0.350. The minimum absolute atomic E-state index is 0.0277. The van der Waals surface area contributed by atoms with Gasteiger partial charge in [-0.15, -0.1) is 0 Å². The van der Waals surface area contributed by atoms with Crippen LogP contribution in [-0.2, 0) is 11.2 Å². The fourth-order valence-corrected chi connectivity index (χ4v) is 3.11. The standard InChI is InChI=1S/C20H22F2N2O3/c1-20(2)10-12-6-5-7-16(19(12)27-20)26-11-17(25)23-13-8-14(21)18(24(3)4)15(22)9-13/h5-9H,10-11H2,1-4H3,(H,23,25). The van der Waals surface area contributed by atoms with Crippen LogP contribution in [0.4, 0.5) is 20.2 Å². The second kappa shape index (κ2) is 7.06. The van der Waals surface area contributed by atoms with E-state index in [0.29, 0.717) is 11.5 Å². The Bertz CT molecular complexity index is 859. The molecule has 0 saturated carbocycles. The Labute approximate surface area is 156 Å². The molecule has 2 aromatic carbocycles. The van der Waals surface area contributed by atoms with Crippen LogP contribution in [-0.4, -0.2) is 32.2 Å². The number of carbonyl (C=O) groups is 1. The van der Waals surface area contributed by atoms with Crippen molar-refractivity contribution in [3.63, 3.8) is 0 Å². The predicted octanol–water partition coefficient (Wildman–Crippen LogP) is 3.76. The van der Waals surface area contributed by atoms with Gasteiger partial charge in [0.25, 0.3) is 5.91 Å². The van der Waals surface area contributed by atoms with Gasteiger partial charge in [-0.25, -0.2) is 8.78 Å². The zero-order valence-electron chi connectivity index (χ0n) is 15.7. The van der Waals surface area contributed by atoms with Crippen LogP contribution < -0.4 is 19.7 Å². The SMILES string of the molecule is CN(C)c1c(F)cc(NC(=O)COc2cccc3c2OC(C)(C)C3)cc1F. The molecule has 1 N–H and O–H groups in total. The van der Waals surface area contributed by atoms with Crippen LogP contribution in [0.1, 0.15) is 19.4 Å². The Morgan fingerprint density at radius 2 is 1.93 bits per heavy atom. The molecule has 0 saturated heterocycles. The second-order valence-corrected chi connectivity index (χ2v) is 7.30. The molecule has 0 radical (unpaired) electrons. The van der Waals surface area contributed by atoms with Gasteiger partial charge in [-0.2, -0.15) is 0 Å². The number of hydrogen-bond donors (Lipinski definition) is 1. The smallest absolute Gasteiger partial charge is 0.262 e. The molecule has 3 rings (SSSR count). The number of anilines is 2. The van der Waals surface area contributed by atoms with Crippen molar-refractivity contribution in [1.82, 2.24) is 0 Å². The van der Waals surface area contributed by atoms with Crippen molar-refractivity contribution < 1.29 is 23.0 Å². The largest absolute Gasteiger partial charge is 0.483 e. The molecule has 1 aliphatic heterocycles. The van der Waals surface area contributed by atoms with E-state index in [4.69, 9.17) is 9.47 Å². The van der Waals surface area contributed by atoms with Gasteiger partial charge in [0.15, 0.2) is 29.7 Å². The van der Waals surface area contributed by atoms with Gasteiger partial charge in [0, 0.05) is 31.8 Å². The zero-order chi connectivity index (χ0) is 19.8. The lowest BCUT2D eigenvalue weighted by molar-refractivity contribution is -0.118. The van der Waals surface area contributed by atoms with Crippen LogP contribution in [0.15, 0.2) is 30.3 Å². The van der Waals surface area contributed by atoms with Gasteiger partial charge in [0.2, 0.25) is 0 Å². The molecule has 5 nitrogen and oxygen atoms in total. The van der Waals surface area contributed by atoms with E-state index in [1.54, 1.807) is 6.07 Å². The first-order chi connectivity index (χ1) is 12.7. The van der Waals surface area contributed by atoms with Gasteiger partial charge in [-0.1, -0.05) is 12.1 Å². The third-order valence-electron chi connectivity index (χ3n) is 4.16. The van der Waals surface area contributed by atoms with Crippen molar-refractivity contribution in [2.24, 2.45) is 0 Å². The molecule has 27 heavy (non-hydrogen) atoms. The van der Waals surface area contributed by atoms with E-state index in [0.717, 1.165) is 24.1 Å². The Morgan fingerprint density at radius 1 is 1.26 bits per heavy atom. The van der Waals surface area contributed by atoms with Gasteiger partial charge in [-0.05, 0) is 32.0 Å². The molecule has 0 aliphatic carbocycles. The highest BCUT2D eigenvalue weighted by molar-refractivity contribution is 5.92. The van der Waals surface area contributed by atoms with E-state index < -0.39 is 17.5 Å². The van der Waals surface area contributed by atoms with Crippen LogP contribution in [0.5, 0.6) is 11.5 Å². The number of nitrogens with one attached hydrogen (secondary N) is 1. The molecule has 7 heteroatoms. The van der Waals surface area contributed by atoms with Crippen LogP contribution in [0.3, 0.4) is 0 Å². The lowest BCUT2D eigenvalue weighted by Crippen LogP contribution is -2.25. The van der Waals surface area contributed by atoms with E-state index >= 15 is 0 Å². The van der Waals surface area contributed by atoms with Crippen LogP contribution in [0, 0.1) is 11.6 Å². The molecule has 0 aromatic heterocycles. The Morgan fingerprint density at radius 3 is 2.56 bits per heavy atom. The average molecular weight is 376 g/mol. The monoisotopic (exact) mass is 376 g/mol. The fourth-order valence-electron chi connectivity index (χ4n) is 3.11. The highest BCUT2D eigenvalue weighted by Gasteiger charge is 2.32. The number of halogens is 2. The first-order valence-electron chi connectivity index (χ1n) is 8.56. The number of hydrogen-bond acceptors (Lipinski definition) is 4.